The Balaban J connectivity index is 1.62. The van der Waals surface area contributed by atoms with Crippen LogP contribution in [0, 0.1) is 20.8 Å². The molecule has 0 bridgehead atoms. The smallest absolute Gasteiger partial charge is 0.234 e. The van der Waals surface area contributed by atoms with E-state index in [9.17, 15) is 4.79 Å². The first-order valence-electron chi connectivity index (χ1n) is 8.11. The Labute approximate surface area is 165 Å². The minimum atomic E-state index is -0.0783. The summed E-state index contributed by atoms with van der Waals surface area (Å²) in [6.45, 7) is 5.99. The van der Waals surface area contributed by atoms with E-state index >= 15 is 0 Å². The van der Waals surface area contributed by atoms with Gasteiger partial charge in [0.1, 0.15) is 0 Å². The fourth-order valence-corrected chi connectivity index (χ4v) is 3.93. The van der Waals surface area contributed by atoms with E-state index in [2.05, 4.69) is 36.4 Å². The maximum absolute atomic E-state index is 12.3. The first-order valence-corrected chi connectivity index (χ1v) is 9.89. The van der Waals surface area contributed by atoms with Crippen molar-refractivity contribution in [3.05, 3.63) is 57.6 Å². The Morgan fingerprint density at radius 1 is 1.19 bits per heavy atom. The number of nitrogens with zero attached hydrogens (tertiary/aromatic N) is 2. The number of halogens is 1. The van der Waals surface area contributed by atoms with Crippen molar-refractivity contribution in [2.24, 2.45) is 0 Å². The topological polar surface area (TPSA) is 70.7 Å². The molecular weight excluding hydrogens is 412 g/mol. The van der Waals surface area contributed by atoms with Crippen LogP contribution in [0.3, 0.4) is 0 Å². The van der Waals surface area contributed by atoms with Crippen LogP contribution in [0.5, 0.6) is 0 Å². The number of aromatic nitrogens is 3. The number of amides is 1. The lowest BCUT2D eigenvalue weighted by atomic mass is 10.1. The van der Waals surface area contributed by atoms with Crippen LogP contribution < -0.4 is 5.32 Å². The minimum absolute atomic E-state index is 0.0783. The van der Waals surface area contributed by atoms with Crippen LogP contribution >= 0.6 is 27.7 Å². The number of anilines is 1. The van der Waals surface area contributed by atoms with Crippen LogP contribution in [-0.4, -0.2) is 26.8 Å². The Morgan fingerprint density at radius 2 is 1.92 bits per heavy atom. The average molecular weight is 431 g/mol. The van der Waals surface area contributed by atoms with Crippen molar-refractivity contribution in [1.82, 2.24) is 15.2 Å². The second-order valence-corrected chi connectivity index (χ2v) is 7.95. The summed E-state index contributed by atoms with van der Waals surface area (Å²) >= 11 is 4.77. The molecule has 0 radical (unpaired) electrons. The molecule has 2 N–H and O–H groups in total. The van der Waals surface area contributed by atoms with E-state index in [0.29, 0.717) is 11.0 Å². The van der Waals surface area contributed by atoms with Gasteiger partial charge in [0.15, 0.2) is 5.82 Å². The van der Waals surface area contributed by atoms with Crippen molar-refractivity contribution in [2.75, 3.05) is 11.1 Å². The molecule has 1 amide bonds. The largest absolute Gasteiger partial charge is 0.325 e. The molecule has 0 atom stereocenters. The van der Waals surface area contributed by atoms with Gasteiger partial charge in [0.25, 0.3) is 0 Å². The summed E-state index contributed by atoms with van der Waals surface area (Å²) in [5.74, 6) is 0.877. The van der Waals surface area contributed by atoms with Crippen molar-refractivity contribution in [2.45, 2.75) is 25.9 Å². The summed E-state index contributed by atoms with van der Waals surface area (Å²) in [6, 6.07) is 12.0. The second-order valence-electron chi connectivity index (χ2n) is 6.09. The van der Waals surface area contributed by atoms with Gasteiger partial charge in [0.05, 0.1) is 5.75 Å². The van der Waals surface area contributed by atoms with E-state index in [-0.39, 0.29) is 11.7 Å². The van der Waals surface area contributed by atoms with Gasteiger partial charge in [0.2, 0.25) is 11.1 Å². The van der Waals surface area contributed by atoms with Gasteiger partial charge in [-0.15, -0.1) is 5.10 Å². The number of nitrogens with one attached hydrogen (secondary N) is 2. The predicted octanol–water partition coefficient (Wildman–Crippen LogP) is 4.89. The van der Waals surface area contributed by atoms with Crippen LogP contribution in [-0.2, 0) is 4.79 Å². The van der Waals surface area contributed by atoms with E-state index in [1.54, 1.807) is 0 Å². The van der Waals surface area contributed by atoms with Gasteiger partial charge in [0, 0.05) is 15.7 Å². The molecule has 0 saturated carbocycles. The molecule has 2 aromatic carbocycles. The Kier molecular flexibility index (Phi) is 5.78. The number of thioether (sulfide) groups is 1. The summed E-state index contributed by atoms with van der Waals surface area (Å²) in [5, 5.41) is 10.6. The number of H-pyrrole nitrogens is 1. The molecule has 134 valence electrons. The van der Waals surface area contributed by atoms with Gasteiger partial charge in [-0.2, -0.15) is 0 Å². The molecule has 5 nitrogen and oxygen atoms in total. The highest BCUT2D eigenvalue weighted by Crippen LogP contribution is 2.26. The maximum Gasteiger partial charge on any atom is 0.234 e. The SMILES string of the molecule is Cc1cccc(-c2nc(SCC(=O)Nc3c(C)cc(Br)cc3C)n[nH]2)c1. The number of hydrogen-bond donors (Lipinski definition) is 2. The molecule has 3 rings (SSSR count). The van der Waals surface area contributed by atoms with Crippen LogP contribution in [0.4, 0.5) is 5.69 Å². The molecule has 0 aliphatic rings. The highest BCUT2D eigenvalue weighted by atomic mass is 79.9. The zero-order valence-electron chi connectivity index (χ0n) is 14.8. The molecule has 0 aliphatic heterocycles. The maximum atomic E-state index is 12.3. The van der Waals surface area contributed by atoms with Gasteiger partial charge >= 0.3 is 0 Å². The Hall–Kier alpha value is -2.12. The molecular formula is C19H19BrN4OS. The second kappa shape index (κ2) is 8.05. The number of rotatable bonds is 5. The number of aromatic amines is 1. The van der Waals surface area contributed by atoms with Gasteiger partial charge < -0.3 is 5.32 Å². The fraction of sp³-hybridized carbons (Fsp3) is 0.211. The Bertz CT molecular complexity index is 931. The molecule has 7 heteroatoms. The van der Waals surface area contributed by atoms with Gasteiger partial charge in [-0.3, -0.25) is 9.89 Å². The zero-order valence-corrected chi connectivity index (χ0v) is 17.2. The third kappa shape index (κ3) is 4.53. The summed E-state index contributed by atoms with van der Waals surface area (Å²) in [7, 11) is 0. The van der Waals surface area contributed by atoms with E-state index in [1.807, 2.05) is 57.2 Å². The molecule has 3 aromatic rings. The number of hydrogen-bond acceptors (Lipinski definition) is 4. The van der Waals surface area contributed by atoms with Gasteiger partial charge in [-0.25, -0.2) is 4.98 Å². The molecule has 26 heavy (non-hydrogen) atoms. The fourth-order valence-electron chi connectivity index (χ4n) is 2.65. The summed E-state index contributed by atoms with van der Waals surface area (Å²) in [4.78, 5) is 16.7. The molecule has 0 fully saturated rings. The van der Waals surface area contributed by atoms with Crippen LogP contribution in [0.2, 0.25) is 0 Å². The minimum Gasteiger partial charge on any atom is -0.325 e. The van der Waals surface area contributed by atoms with Crippen LogP contribution in [0.25, 0.3) is 11.4 Å². The lowest BCUT2D eigenvalue weighted by Crippen LogP contribution is -2.16. The standard InChI is InChI=1S/C19H19BrN4OS/c1-11-5-4-6-14(7-11)18-22-19(24-23-18)26-10-16(25)21-17-12(2)8-15(20)9-13(17)3/h4-9H,10H2,1-3H3,(H,21,25)(H,22,23,24). The molecule has 0 aliphatic carbocycles. The number of carbonyl (C=O) groups is 1. The lowest BCUT2D eigenvalue weighted by molar-refractivity contribution is -0.113. The van der Waals surface area contributed by atoms with Crippen molar-refractivity contribution in [3.8, 4) is 11.4 Å². The first kappa shape index (κ1) is 18.7. The monoisotopic (exact) mass is 430 g/mol. The van der Waals surface area contributed by atoms with Crippen LogP contribution in [0.1, 0.15) is 16.7 Å². The first-order chi connectivity index (χ1) is 12.4. The summed E-state index contributed by atoms with van der Waals surface area (Å²) < 4.78 is 1.00. The van der Waals surface area contributed by atoms with Crippen molar-refractivity contribution in [3.63, 3.8) is 0 Å². The summed E-state index contributed by atoms with van der Waals surface area (Å²) in [6.07, 6.45) is 0. The Morgan fingerprint density at radius 3 is 2.62 bits per heavy atom. The molecule has 1 heterocycles. The quantitative estimate of drug-likeness (QED) is 0.565. The normalized spacial score (nSPS) is 10.8. The van der Waals surface area contributed by atoms with E-state index in [1.165, 1.54) is 11.8 Å². The van der Waals surface area contributed by atoms with Gasteiger partial charge in [-0.05, 0) is 50.1 Å². The molecule has 0 unspecified atom stereocenters. The lowest BCUT2D eigenvalue weighted by Gasteiger charge is -2.11. The summed E-state index contributed by atoms with van der Waals surface area (Å²) in [5.41, 5.74) is 5.04. The highest BCUT2D eigenvalue weighted by molar-refractivity contribution is 9.10. The van der Waals surface area contributed by atoms with E-state index in [4.69, 9.17) is 0 Å². The van der Waals surface area contributed by atoms with Crippen molar-refractivity contribution < 1.29 is 4.79 Å². The molecule has 0 spiro atoms. The number of carbonyl (C=O) groups excluding carboxylic acids is 1. The van der Waals surface area contributed by atoms with Gasteiger partial charge in [-0.1, -0.05) is 51.5 Å². The highest BCUT2D eigenvalue weighted by Gasteiger charge is 2.12. The van der Waals surface area contributed by atoms with Crippen molar-refractivity contribution in [1.29, 1.82) is 0 Å². The zero-order chi connectivity index (χ0) is 18.7. The third-order valence-corrected chi connectivity index (χ3v) is 5.16. The van der Waals surface area contributed by atoms with Crippen LogP contribution in [0.15, 0.2) is 46.0 Å². The van der Waals surface area contributed by atoms with Crippen molar-refractivity contribution >= 4 is 39.3 Å². The number of benzene rings is 2. The average Bonchev–Trinajstić information content (AvgIpc) is 3.05. The molecule has 0 saturated heterocycles. The van der Waals surface area contributed by atoms with E-state index in [0.717, 1.165) is 32.4 Å². The third-order valence-electron chi connectivity index (χ3n) is 3.85. The number of aryl methyl sites for hydroxylation is 3. The predicted molar refractivity (Wildman–Crippen MR) is 110 cm³/mol. The van der Waals surface area contributed by atoms with E-state index < -0.39 is 0 Å². The molecule has 1 aromatic heterocycles.